The number of rotatable bonds is 6. The Balaban J connectivity index is 1.50. The van der Waals surface area contributed by atoms with Gasteiger partial charge in [0.2, 0.25) is 5.88 Å². The molecule has 0 saturated heterocycles. The Morgan fingerprint density at radius 3 is 2.46 bits per heavy atom. The summed E-state index contributed by atoms with van der Waals surface area (Å²) in [6.45, 7) is 3.65. The minimum atomic E-state index is -4.88. The number of hydrogen-bond donors (Lipinski definition) is 0. The van der Waals surface area contributed by atoms with Crippen molar-refractivity contribution in [3.05, 3.63) is 87.2 Å². The molecule has 39 heavy (non-hydrogen) atoms. The van der Waals surface area contributed by atoms with Gasteiger partial charge in [-0.2, -0.15) is 0 Å². The number of hydrogen-bond acceptors (Lipinski definition) is 6. The Hall–Kier alpha value is -3.95. The zero-order valence-corrected chi connectivity index (χ0v) is 22.0. The Bertz CT molecular complexity index is 1560. The molecule has 4 aromatic rings. The normalized spacial score (nSPS) is 17.8. The lowest BCUT2D eigenvalue weighted by molar-refractivity contribution is -0.275. The average molecular weight is 539 g/mol. The summed E-state index contributed by atoms with van der Waals surface area (Å²) in [5, 5.41) is 0.747. The van der Waals surface area contributed by atoms with Crippen LogP contribution in [0.1, 0.15) is 65.6 Å². The zero-order chi connectivity index (χ0) is 27.7. The maximum absolute atomic E-state index is 13.9. The van der Waals surface area contributed by atoms with Gasteiger partial charge in [-0.25, -0.2) is 9.97 Å². The standard InChI is InChI=1S/C29H29F3N4O3/c1-17-12-14-34-27(38-3)25(17)20-10-8-19(9-11-20)22-15-21-7-6-18(2)35-26(21)36(28(22)37)16-23-24(5-4-13-33-23)39-29(30,31)32/h4-7,12-15,19-20H,8-11,16H2,1-3H3. The van der Waals surface area contributed by atoms with Gasteiger partial charge < -0.3 is 9.47 Å². The molecule has 0 atom stereocenters. The zero-order valence-electron chi connectivity index (χ0n) is 22.0. The van der Waals surface area contributed by atoms with Gasteiger partial charge in [0, 0.05) is 34.6 Å². The highest BCUT2D eigenvalue weighted by molar-refractivity contribution is 5.76. The molecule has 0 radical (unpaired) electrons. The van der Waals surface area contributed by atoms with Gasteiger partial charge in [0.15, 0.2) is 5.75 Å². The van der Waals surface area contributed by atoms with Gasteiger partial charge in [-0.15, -0.1) is 13.2 Å². The number of methoxy groups -OCH3 is 1. The third kappa shape index (κ3) is 5.60. The van der Waals surface area contributed by atoms with E-state index in [1.807, 2.05) is 24.3 Å². The van der Waals surface area contributed by atoms with Crippen molar-refractivity contribution in [3.63, 3.8) is 0 Å². The van der Waals surface area contributed by atoms with Crippen LogP contribution < -0.4 is 15.0 Å². The van der Waals surface area contributed by atoms with E-state index in [4.69, 9.17) is 4.74 Å². The van der Waals surface area contributed by atoms with E-state index in [1.165, 1.54) is 22.9 Å². The van der Waals surface area contributed by atoms with E-state index in [1.54, 1.807) is 20.2 Å². The fourth-order valence-electron chi connectivity index (χ4n) is 5.61. The summed E-state index contributed by atoms with van der Waals surface area (Å²) in [6, 6.07) is 10.2. The van der Waals surface area contributed by atoms with Gasteiger partial charge in [-0.3, -0.25) is 14.3 Å². The lowest BCUT2D eigenvalue weighted by Gasteiger charge is -2.30. The third-order valence-electron chi connectivity index (χ3n) is 7.43. The summed E-state index contributed by atoms with van der Waals surface area (Å²) < 4.78 is 50.2. The molecule has 0 unspecified atom stereocenters. The molecule has 10 heteroatoms. The molecule has 0 N–H and O–H groups in total. The van der Waals surface area contributed by atoms with Crippen molar-refractivity contribution in [2.45, 2.75) is 64.3 Å². The van der Waals surface area contributed by atoms with Crippen LogP contribution in [0.3, 0.4) is 0 Å². The Kier molecular flexibility index (Phi) is 7.29. The van der Waals surface area contributed by atoms with Crippen molar-refractivity contribution in [2.24, 2.45) is 0 Å². The summed E-state index contributed by atoms with van der Waals surface area (Å²) in [4.78, 5) is 26.9. The monoisotopic (exact) mass is 538 g/mol. The molecule has 5 rings (SSSR count). The van der Waals surface area contributed by atoms with E-state index in [2.05, 4.69) is 26.6 Å². The van der Waals surface area contributed by atoms with Crippen molar-refractivity contribution in [1.29, 1.82) is 0 Å². The summed E-state index contributed by atoms with van der Waals surface area (Å²) >= 11 is 0. The summed E-state index contributed by atoms with van der Waals surface area (Å²) in [5.41, 5.74) is 3.70. The predicted molar refractivity (Wildman–Crippen MR) is 140 cm³/mol. The Morgan fingerprint density at radius 2 is 1.74 bits per heavy atom. The highest BCUT2D eigenvalue weighted by Gasteiger charge is 2.33. The second-order valence-corrected chi connectivity index (χ2v) is 9.95. The second kappa shape index (κ2) is 10.7. The Labute approximate surface area is 223 Å². The van der Waals surface area contributed by atoms with Crippen LogP contribution in [0.25, 0.3) is 11.0 Å². The van der Waals surface area contributed by atoms with Gasteiger partial charge in [0.1, 0.15) is 11.3 Å². The van der Waals surface area contributed by atoms with Crippen LogP contribution in [-0.4, -0.2) is 33.0 Å². The Morgan fingerprint density at radius 1 is 1.00 bits per heavy atom. The summed E-state index contributed by atoms with van der Waals surface area (Å²) in [7, 11) is 1.62. The predicted octanol–water partition coefficient (Wildman–Crippen LogP) is 6.20. The molecule has 1 fully saturated rings. The van der Waals surface area contributed by atoms with Crippen molar-refractivity contribution in [1.82, 2.24) is 19.5 Å². The van der Waals surface area contributed by atoms with Crippen LogP contribution in [0.5, 0.6) is 11.6 Å². The minimum absolute atomic E-state index is 0.00142. The smallest absolute Gasteiger partial charge is 0.481 e. The fourth-order valence-corrected chi connectivity index (χ4v) is 5.61. The fraction of sp³-hybridized carbons (Fsp3) is 0.379. The molecule has 4 aromatic heterocycles. The largest absolute Gasteiger partial charge is 0.573 e. The van der Waals surface area contributed by atoms with E-state index in [-0.39, 0.29) is 29.6 Å². The highest BCUT2D eigenvalue weighted by Crippen LogP contribution is 2.43. The highest BCUT2D eigenvalue weighted by atomic mass is 19.4. The van der Waals surface area contributed by atoms with Crippen molar-refractivity contribution in [2.75, 3.05) is 7.11 Å². The molecule has 0 aromatic carbocycles. The summed E-state index contributed by atoms with van der Waals surface area (Å²) in [5.74, 6) is 0.473. The van der Waals surface area contributed by atoms with Gasteiger partial charge in [-0.05, 0) is 93.3 Å². The quantitative estimate of drug-likeness (QED) is 0.291. The number of ether oxygens (including phenoxy) is 2. The molecule has 1 saturated carbocycles. The topological polar surface area (TPSA) is 79.1 Å². The van der Waals surface area contributed by atoms with Crippen molar-refractivity contribution in [3.8, 4) is 11.6 Å². The third-order valence-corrected chi connectivity index (χ3v) is 7.43. The molecule has 0 bridgehead atoms. The molecule has 7 nitrogen and oxygen atoms in total. The first-order valence-corrected chi connectivity index (χ1v) is 12.8. The SMILES string of the molecule is COc1nccc(C)c1C1CCC(c2cc3ccc(C)nc3n(Cc3ncccc3OC(F)(F)F)c2=O)CC1. The van der Waals surface area contributed by atoms with Crippen LogP contribution in [0.2, 0.25) is 0 Å². The van der Waals surface area contributed by atoms with E-state index < -0.39 is 12.1 Å². The van der Waals surface area contributed by atoms with Crippen molar-refractivity contribution < 1.29 is 22.6 Å². The first-order chi connectivity index (χ1) is 18.6. The average Bonchev–Trinajstić information content (AvgIpc) is 2.90. The number of fused-ring (bicyclic) bond motifs is 1. The molecule has 0 spiro atoms. The first kappa shape index (κ1) is 26.6. The van der Waals surface area contributed by atoms with Crippen LogP contribution in [0.4, 0.5) is 13.2 Å². The van der Waals surface area contributed by atoms with E-state index in [0.717, 1.165) is 42.2 Å². The first-order valence-electron chi connectivity index (χ1n) is 12.8. The molecule has 204 valence electrons. The van der Waals surface area contributed by atoms with Crippen LogP contribution >= 0.6 is 0 Å². The maximum Gasteiger partial charge on any atom is 0.573 e. The number of aryl methyl sites for hydroxylation is 2. The van der Waals surface area contributed by atoms with Crippen molar-refractivity contribution >= 4 is 11.0 Å². The molecular weight excluding hydrogens is 509 g/mol. The molecule has 0 aliphatic heterocycles. The van der Waals surface area contributed by atoms with E-state index in [0.29, 0.717) is 22.8 Å². The van der Waals surface area contributed by atoms with Gasteiger partial charge in [-0.1, -0.05) is 0 Å². The second-order valence-electron chi connectivity index (χ2n) is 9.95. The van der Waals surface area contributed by atoms with Crippen LogP contribution in [-0.2, 0) is 6.54 Å². The summed E-state index contributed by atoms with van der Waals surface area (Å²) in [6.07, 6.45) is 1.54. The molecular formula is C29H29F3N4O3. The minimum Gasteiger partial charge on any atom is -0.481 e. The molecule has 1 aliphatic carbocycles. The lowest BCUT2D eigenvalue weighted by atomic mass is 9.75. The maximum atomic E-state index is 13.9. The van der Waals surface area contributed by atoms with Crippen LogP contribution in [0.15, 0.2) is 53.6 Å². The van der Waals surface area contributed by atoms with E-state index >= 15 is 0 Å². The molecule has 0 amide bonds. The van der Waals surface area contributed by atoms with Gasteiger partial charge >= 0.3 is 6.36 Å². The number of alkyl halides is 3. The van der Waals surface area contributed by atoms with E-state index in [9.17, 15) is 18.0 Å². The number of halogens is 3. The number of pyridine rings is 4. The van der Waals surface area contributed by atoms with Gasteiger partial charge in [0.25, 0.3) is 5.56 Å². The number of aromatic nitrogens is 4. The molecule has 4 heterocycles. The number of nitrogens with zero attached hydrogens (tertiary/aromatic N) is 4. The molecule has 1 aliphatic rings. The van der Waals surface area contributed by atoms with Crippen LogP contribution in [0, 0.1) is 13.8 Å². The van der Waals surface area contributed by atoms with Gasteiger partial charge in [0.05, 0.1) is 13.7 Å². The lowest BCUT2D eigenvalue weighted by Crippen LogP contribution is -2.29.